The molecule has 2 aliphatic rings. The van der Waals surface area contributed by atoms with Gasteiger partial charge in [0, 0.05) is 27.8 Å². The van der Waals surface area contributed by atoms with E-state index < -0.39 is 5.41 Å². The number of ether oxygens (including phenoxy) is 1. The van der Waals surface area contributed by atoms with Gasteiger partial charge in [-0.3, -0.25) is 0 Å². The lowest BCUT2D eigenvalue weighted by Crippen LogP contribution is -2.32. The molecule has 1 aliphatic heterocycles. The van der Waals surface area contributed by atoms with Crippen LogP contribution in [0.4, 0.5) is 0 Å². The van der Waals surface area contributed by atoms with Crippen molar-refractivity contribution >= 4 is 0 Å². The molecular formula is C54H33N3O. The van der Waals surface area contributed by atoms with Gasteiger partial charge in [-0.05, 0) is 93.0 Å². The molecule has 0 saturated carbocycles. The van der Waals surface area contributed by atoms with Crippen LogP contribution in [0.15, 0.2) is 200 Å². The zero-order chi connectivity index (χ0) is 38.6. The Labute approximate surface area is 337 Å². The van der Waals surface area contributed by atoms with Gasteiger partial charge in [0.2, 0.25) is 0 Å². The Kier molecular flexibility index (Phi) is 7.74. The van der Waals surface area contributed by atoms with Crippen LogP contribution in [-0.4, -0.2) is 9.97 Å². The Bertz CT molecular complexity index is 3090. The molecule has 1 aliphatic carbocycles. The van der Waals surface area contributed by atoms with Crippen molar-refractivity contribution < 1.29 is 4.74 Å². The predicted octanol–water partition coefficient (Wildman–Crippen LogP) is 13.2. The summed E-state index contributed by atoms with van der Waals surface area (Å²) in [5, 5.41) is 9.52. The van der Waals surface area contributed by atoms with Crippen molar-refractivity contribution in [3.05, 3.63) is 228 Å². The van der Waals surface area contributed by atoms with Crippen LogP contribution in [0.2, 0.25) is 0 Å². The maximum Gasteiger partial charge on any atom is 0.160 e. The van der Waals surface area contributed by atoms with Crippen LogP contribution < -0.4 is 4.74 Å². The van der Waals surface area contributed by atoms with Gasteiger partial charge in [-0.25, -0.2) is 9.97 Å². The van der Waals surface area contributed by atoms with E-state index in [-0.39, 0.29) is 0 Å². The van der Waals surface area contributed by atoms with Gasteiger partial charge in [0.1, 0.15) is 11.5 Å². The first-order chi connectivity index (χ1) is 28.7. The topological polar surface area (TPSA) is 58.8 Å². The number of hydrogen-bond donors (Lipinski definition) is 0. The van der Waals surface area contributed by atoms with Gasteiger partial charge in [-0.2, -0.15) is 5.26 Å². The molecular weight excluding hydrogens is 707 g/mol. The molecule has 2 heterocycles. The predicted molar refractivity (Wildman–Crippen MR) is 231 cm³/mol. The molecule has 1 unspecified atom stereocenters. The van der Waals surface area contributed by atoms with E-state index in [2.05, 4.69) is 152 Å². The minimum Gasteiger partial charge on any atom is -0.457 e. The van der Waals surface area contributed by atoms with Gasteiger partial charge in [-0.1, -0.05) is 152 Å². The van der Waals surface area contributed by atoms with Crippen LogP contribution in [0.3, 0.4) is 0 Å². The highest BCUT2D eigenvalue weighted by Gasteiger charge is 2.51. The number of aromatic nitrogens is 2. The second-order valence-corrected chi connectivity index (χ2v) is 14.8. The van der Waals surface area contributed by atoms with Crippen molar-refractivity contribution in [3.63, 3.8) is 0 Å². The highest BCUT2D eigenvalue weighted by atomic mass is 16.5. The van der Waals surface area contributed by atoms with Gasteiger partial charge in [-0.15, -0.1) is 0 Å². The fourth-order valence-corrected chi connectivity index (χ4v) is 9.00. The highest BCUT2D eigenvalue weighted by molar-refractivity contribution is 5.91. The summed E-state index contributed by atoms with van der Waals surface area (Å²) >= 11 is 0. The summed E-state index contributed by atoms with van der Waals surface area (Å²) in [5.74, 6) is 2.26. The van der Waals surface area contributed by atoms with Gasteiger partial charge in [0.15, 0.2) is 5.82 Å². The van der Waals surface area contributed by atoms with Crippen molar-refractivity contribution in [1.29, 1.82) is 5.26 Å². The third-order valence-corrected chi connectivity index (χ3v) is 11.6. The Morgan fingerprint density at radius 1 is 0.379 bits per heavy atom. The molecule has 0 saturated heterocycles. The molecule has 0 amide bonds. The molecule has 8 aromatic carbocycles. The van der Waals surface area contributed by atoms with E-state index in [0.717, 1.165) is 73.0 Å². The Morgan fingerprint density at radius 3 is 1.72 bits per heavy atom. The number of nitrogens with zero attached hydrogens (tertiary/aromatic N) is 3. The number of rotatable bonds is 5. The van der Waals surface area contributed by atoms with Crippen molar-refractivity contribution in [2.45, 2.75) is 5.41 Å². The first-order valence-electron chi connectivity index (χ1n) is 19.5. The molecule has 58 heavy (non-hydrogen) atoms. The molecule has 270 valence electrons. The molecule has 1 atom stereocenters. The van der Waals surface area contributed by atoms with E-state index in [1.165, 1.54) is 22.3 Å². The molecule has 0 radical (unpaired) electrons. The van der Waals surface area contributed by atoms with E-state index in [4.69, 9.17) is 14.7 Å². The number of para-hydroxylation sites is 1. The average Bonchev–Trinajstić information content (AvgIpc) is 3.59. The number of hydrogen-bond acceptors (Lipinski definition) is 4. The van der Waals surface area contributed by atoms with E-state index in [9.17, 15) is 5.26 Å². The standard InChI is InChI=1S/C54H33N3O/c55-34-35-23-25-36(26-24-35)39-27-29-43-42-18-9-10-20-45(42)54(47(43)31-39)46-21-11-12-22-51(46)58-52-30-28-40(32-48(52)54)53-56-49(38-15-5-2-6-16-38)33-50(57-53)44-19-8-7-17-41(44)37-13-3-1-4-14-37/h1-33H. The Balaban J connectivity index is 1.16. The zero-order valence-corrected chi connectivity index (χ0v) is 31.3. The fraction of sp³-hybridized carbons (Fsp3) is 0.0185. The third-order valence-electron chi connectivity index (χ3n) is 11.6. The molecule has 4 nitrogen and oxygen atoms in total. The van der Waals surface area contributed by atoms with Crippen molar-refractivity contribution in [1.82, 2.24) is 9.97 Å². The number of fused-ring (bicyclic) bond motifs is 9. The summed E-state index contributed by atoms with van der Waals surface area (Å²) < 4.78 is 6.80. The average molecular weight is 740 g/mol. The second-order valence-electron chi connectivity index (χ2n) is 14.8. The first kappa shape index (κ1) is 33.5. The van der Waals surface area contributed by atoms with Crippen molar-refractivity contribution in [3.8, 4) is 84.9 Å². The quantitative estimate of drug-likeness (QED) is 0.176. The largest absolute Gasteiger partial charge is 0.457 e. The Morgan fingerprint density at radius 2 is 0.948 bits per heavy atom. The second kappa shape index (κ2) is 13.4. The SMILES string of the molecule is N#Cc1ccc(-c2ccc3c(c2)C2(c4ccccc4Oc4ccc(-c5nc(-c6ccccc6)cc(-c6ccccc6-c6ccccc6)n5)cc42)c2ccccc2-3)cc1. The normalized spacial score (nSPS) is 14.4. The summed E-state index contributed by atoms with van der Waals surface area (Å²) in [4.78, 5) is 10.7. The van der Waals surface area contributed by atoms with Crippen LogP contribution in [0, 0.1) is 11.3 Å². The van der Waals surface area contributed by atoms with E-state index in [0.29, 0.717) is 11.4 Å². The fourth-order valence-electron chi connectivity index (χ4n) is 9.00. The van der Waals surface area contributed by atoms with E-state index in [1.807, 2.05) is 54.6 Å². The third kappa shape index (κ3) is 5.22. The van der Waals surface area contributed by atoms with Crippen LogP contribution in [0.5, 0.6) is 11.5 Å². The highest BCUT2D eigenvalue weighted by Crippen LogP contribution is 2.62. The maximum atomic E-state index is 9.52. The number of nitriles is 1. The smallest absolute Gasteiger partial charge is 0.160 e. The summed E-state index contributed by atoms with van der Waals surface area (Å²) in [6, 6.07) is 71.8. The molecule has 9 aromatic rings. The molecule has 11 rings (SSSR count). The molecule has 4 heteroatoms. The number of benzene rings is 8. The van der Waals surface area contributed by atoms with Crippen molar-refractivity contribution in [2.24, 2.45) is 0 Å². The lowest BCUT2D eigenvalue weighted by molar-refractivity contribution is 0.436. The van der Waals surface area contributed by atoms with Crippen LogP contribution in [0.25, 0.3) is 67.3 Å². The maximum absolute atomic E-state index is 9.52. The zero-order valence-electron chi connectivity index (χ0n) is 31.3. The van der Waals surface area contributed by atoms with Gasteiger partial charge >= 0.3 is 0 Å². The summed E-state index contributed by atoms with van der Waals surface area (Å²) in [6.45, 7) is 0. The van der Waals surface area contributed by atoms with E-state index in [1.54, 1.807) is 0 Å². The van der Waals surface area contributed by atoms with E-state index >= 15 is 0 Å². The monoisotopic (exact) mass is 739 g/mol. The molecule has 0 bridgehead atoms. The van der Waals surface area contributed by atoms with Crippen LogP contribution >= 0.6 is 0 Å². The van der Waals surface area contributed by atoms with Crippen molar-refractivity contribution in [2.75, 3.05) is 0 Å². The van der Waals surface area contributed by atoms with Gasteiger partial charge in [0.25, 0.3) is 0 Å². The summed E-state index contributed by atoms with van der Waals surface area (Å²) in [6.07, 6.45) is 0. The lowest BCUT2D eigenvalue weighted by atomic mass is 9.65. The first-order valence-corrected chi connectivity index (χ1v) is 19.5. The van der Waals surface area contributed by atoms with Gasteiger partial charge < -0.3 is 4.74 Å². The van der Waals surface area contributed by atoms with Crippen LogP contribution in [0.1, 0.15) is 27.8 Å². The molecule has 0 fully saturated rings. The molecule has 0 N–H and O–H groups in total. The molecule has 1 aromatic heterocycles. The minimum absolute atomic E-state index is 0.633. The molecule has 1 spiro atoms. The minimum atomic E-state index is -0.700. The Hall–Kier alpha value is -7.87. The summed E-state index contributed by atoms with van der Waals surface area (Å²) in [7, 11) is 0. The van der Waals surface area contributed by atoms with Crippen LogP contribution in [-0.2, 0) is 5.41 Å². The lowest BCUT2D eigenvalue weighted by Gasteiger charge is -2.39. The summed E-state index contributed by atoms with van der Waals surface area (Å²) in [5.41, 5.74) is 15.8. The van der Waals surface area contributed by atoms with Gasteiger partial charge in [0.05, 0.1) is 28.4 Å².